The Balaban J connectivity index is 1.56. The maximum atomic E-state index is 11.0. The molecule has 4 aromatic rings. The number of pyridine rings is 1. The van der Waals surface area contributed by atoms with Gasteiger partial charge in [-0.3, -0.25) is 14.8 Å². The second-order valence-electron chi connectivity index (χ2n) is 6.95. The lowest BCUT2D eigenvalue weighted by Gasteiger charge is -2.14. The lowest BCUT2D eigenvalue weighted by Crippen LogP contribution is -2.08. The number of fused-ring (bicyclic) bond motifs is 1. The molecule has 4 rings (SSSR count). The Morgan fingerprint density at radius 3 is 2.77 bits per heavy atom. The number of benzene rings is 2. The highest BCUT2D eigenvalue weighted by Crippen LogP contribution is 2.26. The van der Waals surface area contributed by atoms with Gasteiger partial charge in [0.25, 0.3) is 5.69 Å². The molecule has 2 heterocycles. The molecular formula is C22H18N6O2. The van der Waals surface area contributed by atoms with Gasteiger partial charge in [0.2, 0.25) is 0 Å². The van der Waals surface area contributed by atoms with Gasteiger partial charge in [0, 0.05) is 29.3 Å². The van der Waals surface area contributed by atoms with Crippen molar-refractivity contribution >= 4 is 22.4 Å². The van der Waals surface area contributed by atoms with Gasteiger partial charge < -0.3 is 5.32 Å². The second kappa shape index (κ2) is 8.01. The van der Waals surface area contributed by atoms with Crippen LogP contribution in [0.15, 0.2) is 67.0 Å². The Labute approximate surface area is 172 Å². The summed E-state index contributed by atoms with van der Waals surface area (Å²) in [6.07, 6.45) is 3.77. The van der Waals surface area contributed by atoms with Gasteiger partial charge in [-0.25, -0.2) is 4.98 Å². The number of non-ortho nitro benzene ring substituents is 1. The molecule has 0 radical (unpaired) electrons. The maximum absolute atomic E-state index is 11.0. The van der Waals surface area contributed by atoms with E-state index >= 15 is 0 Å². The normalized spacial score (nSPS) is 11.7. The summed E-state index contributed by atoms with van der Waals surface area (Å²) in [6.45, 7) is 2.66. The third kappa shape index (κ3) is 3.95. The van der Waals surface area contributed by atoms with E-state index in [0.29, 0.717) is 28.8 Å². The molecule has 0 aliphatic rings. The largest absolute Gasteiger partial charge is 0.363 e. The number of aromatic nitrogens is 3. The molecule has 30 heavy (non-hydrogen) atoms. The summed E-state index contributed by atoms with van der Waals surface area (Å²) >= 11 is 0. The Hall–Kier alpha value is -4.25. The van der Waals surface area contributed by atoms with E-state index in [-0.39, 0.29) is 11.7 Å². The zero-order chi connectivity index (χ0) is 21.1. The maximum Gasteiger partial charge on any atom is 0.270 e. The standard InChI is InChI=1S/C22H18N6O2/c1-15(18-12-24-27(14-18)13-16-5-3-2-4-6-16)25-22-9-17(11-23)20-10-19(28(29)30)7-8-21(20)26-22/h2-10,12,14-15H,13H2,1H3,(H,25,26). The molecule has 0 amide bonds. The van der Waals surface area contributed by atoms with Crippen molar-refractivity contribution in [1.29, 1.82) is 5.26 Å². The smallest absolute Gasteiger partial charge is 0.270 e. The van der Waals surface area contributed by atoms with Crippen LogP contribution in [0.4, 0.5) is 11.5 Å². The molecule has 1 unspecified atom stereocenters. The Morgan fingerprint density at radius 1 is 1.23 bits per heavy atom. The molecule has 1 N–H and O–H groups in total. The minimum absolute atomic E-state index is 0.0688. The van der Waals surface area contributed by atoms with Crippen molar-refractivity contribution in [2.75, 3.05) is 5.32 Å². The highest BCUT2D eigenvalue weighted by atomic mass is 16.6. The number of nitriles is 1. The van der Waals surface area contributed by atoms with E-state index in [9.17, 15) is 15.4 Å². The van der Waals surface area contributed by atoms with Crippen molar-refractivity contribution in [3.8, 4) is 6.07 Å². The van der Waals surface area contributed by atoms with Crippen LogP contribution in [-0.2, 0) is 6.54 Å². The van der Waals surface area contributed by atoms with Crippen molar-refractivity contribution in [1.82, 2.24) is 14.8 Å². The highest BCUT2D eigenvalue weighted by Gasteiger charge is 2.14. The van der Waals surface area contributed by atoms with Crippen molar-refractivity contribution < 1.29 is 4.92 Å². The molecule has 8 nitrogen and oxygen atoms in total. The third-order valence-corrected chi connectivity index (χ3v) is 4.83. The molecule has 148 valence electrons. The van der Waals surface area contributed by atoms with E-state index in [1.165, 1.54) is 12.1 Å². The van der Waals surface area contributed by atoms with Crippen LogP contribution < -0.4 is 5.32 Å². The molecule has 0 bridgehead atoms. The molecule has 0 saturated carbocycles. The molecule has 8 heteroatoms. The zero-order valence-electron chi connectivity index (χ0n) is 16.2. The van der Waals surface area contributed by atoms with Crippen LogP contribution in [0.3, 0.4) is 0 Å². The van der Waals surface area contributed by atoms with E-state index in [4.69, 9.17) is 0 Å². The van der Waals surface area contributed by atoms with Gasteiger partial charge in [-0.15, -0.1) is 0 Å². The fraction of sp³-hybridized carbons (Fsp3) is 0.136. The van der Waals surface area contributed by atoms with Gasteiger partial charge >= 0.3 is 0 Å². The zero-order valence-corrected chi connectivity index (χ0v) is 16.2. The van der Waals surface area contributed by atoms with Gasteiger partial charge in [0.05, 0.1) is 40.9 Å². The Bertz CT molecular complexity index is 1260. The minimum Gasteiger partial charge on any atom is -0.363 e. The molecule has 1 atom stereocenters. The van der Waals surface area contributed by atoms with Gasteiger partial charge in [0.1, 0.15) is 5.82 Å². The molecule has 0 spiro atoms. The number of rotatable bonds is 6. The van der Waals surface area contributed by atoms with Crippen molar-refractivity contribution in [2.24, 2.45) is 0 Å². The first-order valence-electron chi connectivity index (χ1n) is 9.35. The van der Waals surface area contributed by atoms with Crippen molar-refractivity contribution in [3.05, 3.63) is 93.8 Å². The van der Waals surface area contributed by atoms with Crippen LogP contribution in [0.5, 0.6) is 0 Å². The first kappa shape index (κ1) is 19.1. The Kier molecular flexibility index (Phi) is 5.09. The number of nitrogens with zero attached hydrogens (tertiary/aromatic N) is 5. The second-order valence-corrected chi connectivity index (χ2v) is 6.95. The molecule has 0 fully saturated rings. The number of nitro groups is 1. The molecule has 0 aliphatic carbocycles. The summed E-state index contributed by atoms with van der Waals surface area (Å²) in [7, 11) is 0. The molecule has 2 aromatic heterocycles. The molecule has 0 aliphatic heterocycles. The highest BCUT2D eigenvalue weighted by molar-refractivity contribution is 5.88. The van der Waals surface area contributed by atoms with Crippen LogP contribution in [0, 0.1) is 21.4 Å². The molecule has 0 saturated heterocycles. The van der Waals surface area contributed by atoms with Gasteiger partial charge in [-0.2, -0.15) is 10.4 Å². The summed E-state index contributed by atoms with van der Waals surface area (Å²) in [4.78, 5) is 15.0. The van der Waals surface area contributed by atoms with Crippen LogP contribution in [0.25, 0.3) is 10.9 Å². The van der Waals surface area contributed by atoms with Gasteiger partial charge in [-0.05, 0) is 24.6 Å². The summed E-state index contributed by atoms with van der Waals surface area (Å²) in [5, 5.41) is 28.7. The van der Waals surface area contributed by atoms with E-state index in [2.05, 4.69) is 33.6 Å². The number of anilines is 1. The number of hydrogen-bond acceptors (Lipinski definition) is 6. The average Bonchev–Trinajstić information content (AvgIpc) is 3.22. The topological polar surface area (TPSA) is 110 Å². The van der Waals surface area contributed by atoms with Gasteiger partial charge in [0.15, 0.2) is 0 Å². The number of hydrogen-bond donors (Lipinski definition) is 1. The SMILES string of the molecule is CC(Nc1cc(C#N)c2cc([N+](=O)[O-])ccc2n1)c1cnn(Cc2ccccc2)c1. The predicted octanol–water partition coefficient (Wildman–Crippen LogP) is 4.43. The van der Waals surface area contributed by atoms with E-state index in [1.807, 2.05) is 36.0 Å². The minimum atomic E-state index is -0.484. The van der Waals surface area contributed by atoms with Crippen LogP contribution >= 0.6 is 0 Å². The molecule has 2 aromatic carbocycles. The number of nitro benzene ring substituents is 1. The van der Waals surface area contributed by atoms with Crippen molar-refractivity contribution in [3.63, 3.8) is 0 Å². The van der Waals surface area contributed by atoms with Crippen LogP contribution in [-0.4, -0.2) is 19.7 Å². The Morgan fingerprint density at radius 2 is 2.03 bits per heavy atom. The van der Waals surface area contributed by atoms with Gasteiger partial charge in [-0.1, -0.05) is 30.3 Å². The lowest BCUT2D eigenvalue weighted by molar-refractivity contribution is -0.384. The van der Waals surface area contributed by atoms with Crippen LogP contribution in [0.1, 0.15) is 29.7 Å². The average molecular weight is 398 g/mol. The van der Waals surface area contributed by atoms with Crippen molar-refractivity contribution in [2.45, 2.75) is 19.5 Å². The third-order valence-electron chi connectivity index (χ3n) is 4.83. The quantitative estimate of drug-likeness (QED) is 0.380. The fourth-order valence-electron chi connectivity index (χ4n) is 3.26. The summed E-state index contributed by atoms with van der Waals surface area (Å²) < 4.78 is 1.87. The first-order chi connectivity index (χ1) is 14.5. The lowest BCUT2D eigenvalue weighted by atomic mass is 10.1. The van der Waals surface area contributed by atoms with Crippen LogP contribution in [0.2, 0.25) is 0 Å². The monoisotopic (exact) mass is 398 g/mol. The number of nitrogens with one attached hydrogen (secondary N) is 1. The fourth-order valence-corrected chi connectivity index (χ4v) is 3.26. The van der Waals surface area contributed by atoms with E-state index < -0.39 is 4.92 Å². The predicted molar refractivity (Wildman–Crippen MR) is 113 cm³/mol. The first-order valence-corrected chi connectivity index (χ1v) is 9.35. The van der Waals surface area contributed by atoms with E-state index in [1.54, 1.807) is 18.3 Å². The summed E-state index contributed by atoms with van der Waals surface area (Å²) in [6, 6.07) is 18.0. The summed E-state index contributed by atoms with van der Waals surface area (Å²) in [5.41, 5.74) is 2.93. The summed E-state index contributed by atoms with van der Waals surface area (Å²) in [5.74, 6) is 0.524. The molecular weight excluding hydrogens is 380 g/mol. The van der Waals surface area contributed by atoms with E-state index in [0.717, 1.165) is 11.1 Å².